The summed E-state index contributed by atoms with van der Waals surface area (Å²) in [6.07, 6.45) is -3.55. The van der Waals surface area contributed by atoms with Crippen molar-refractivity contribution < 1.29 is 53.1 Å². The van der Waals surface area contributed by atoms with Gasteiger partial charge in [-0.15, -0.1) is 0 Å². The highest BCUT2D eigenvalue weighted by molar-refractivity contribution is 7.89. The maximum Gasteiger partial charge on any atom is 0.319 e. The van der Waals surface area contributed by atoms with Gasteiger partial charge in [0, 0.05) is 49.0 Å². The van der Waals surface area contributed by atoms with Crippen LogP contribution in [0.25, 0.3) is 11.2 Å². The molecule has 9 rings (SSSR count). The third-order valence-electron chi connectivity index (χ3n) is 11.5. The van der Waals surface area contributed by atoms with E-state index in [1.54, 1.807) is 60.7 Å². The van der Waals surface area contributed by atoms with Gasteiger partial charge in [0.05, 0.1) is 17.8 Å². The third kappa shape index (κ3) is 9.00. The number of nitrogens with one attached hydrogen (secondary N) is 2. The molecule has 5 atom stereocenters. The van der Waals surface area contributed by atoms with Crippen LogP contribution < -0.4 is 25.6 Å². The average Bonchev–Trinajstić information content (AvgIpc) is 4.12. The van der Waals surface area contributed by atoms with Crippen LogP contribution >= 0.6 is 0 Å². The topological polar surface area (TPSA) is 308 Å². The number of amides is 2. The third-order valence-corrected chi connectivity index (χ3v) is 12.5. The number of aromatic hydroxyl groups is 3. The van der Waals surface area contributed by atoms with Crippen molar-refractivity contribution in [3.63, 3.8) is 0 Å². The predicted octanol–water partition coefficient (Wildman–Crippen LogP) is 3.43. The maximum absolute atomic E-state index is 13.2. The normalized spacial score (nSPS) is 19.7. The summed E-state index contributed by atoms with van der Waals surface area (Å²) < 4.78 is 36.5. The van der Waals surface area contributed by atoms with E-state index in [0.29, 0.717) is 30.2 Å². The van der Waals surface area contributed by atoms with Crippen molar-refractivity contribution in [2.75, 3.05) is 34.8 Å². The van der Waals surface area contributed by atoms with Crippen molar-refractivity contribution in [1.82, 2.24) is 30.0 Å². The number of nitrogens with two attached hydrogens (primary N) is 1. The molecule has 2 saturated heterocycles. The highest BCUT2D eigenvalue weighted by Gasteiger charge is 2.47. The van der Waals surface area contributed by atoms with Crippen molar-refractivity contribution >= 4 is 50.4 Å². The Morgan fingerprint density at radius 2 is 1.52 bits per heavy atom. The fourth-order valence-corrected chi connectivity index (χ4v) is 8.67. The molecule has 2 amide bonds. The number of anilines is 4. The Labute approximate surface area is 376 Å². The first-order chi connectivity index (χ1) is 31.7. The second-order valence-electron chi connectivity index (χ2n) is 15.9. The number of phenols is 3. The number of hydrogen-bond donors (Lipinski definition) is 9. The van der Waals surface area contributed by atoms with Crippen LogP contribution in [0, 0.1) is 0 Å². The van der Waals surface area contributed by atoms with E-state index in [2.05, 4.69) is 15.8 Å². The Hall–Kier alpha value is -7.34. The number of rotatable bonds is 13. The smallest absolute Gasteiger partial charge is 0.319 e. The van der Waals surface area contributed by atoms with E-state index < -0.39 is 59.2 Å². The van der Waals surface area contributed by atoms with Gasteiger partial charge in [0.25, 0.3) is 0 Å². The fourth-order valence-electron chi connectivity index (χ4n) is 8.15. The molecule has 10 N–H and O–H groups in total. The number of fused-ring (bicyclic) bond motifs is 1. The SMILES string of the molecule is NS(=O)(=O)c1ccc(NC(=O)N[C@@H]2CCN(c3nc(N(CC(c4ccc(O)cc4)c4ccc(O)cc4)c4ccc(O)cc4)c4ncn([C@@H]5O[C@H](c6cc(CO)no6)[C@@H](O)[C@H]5O)c4n3)C2)cc1. The van der Waals surface area contributed by atoms with Crippen LogP contribution in [-0.4, -0.2) is 108 Å². The van der Waals surface area contributed by atoms with E-state index in [4.69, 9.17) is 29.4 Å². The number of aliphatic hydroxyl groups excluding tert-OH is 3. The van der Waals surface area contributed by atoms with Gasteiger partial charge in [0.15, 0.2) is 29.0 Å². The Morgan fingerprint density at radius 3 is 2.12 bits per heavy atom. The molecule has 0 bridgehead atoms. The highest BCUT2D eigenvalue weighted by Crippen LogP contribution is 2.42. The molecule has 21 nitrogen and oxygen atoms in total. The van der Waals surface area contributed by atoms with Crippen molar-refractivity contribution in [3.05, 3.63) is 132 Å². The molecule has 2 aliphatic rings. The number of aliphatic hydroxyl groups is 3. The minimum absolute atomic E-state index is 0.0173. The van der Waals surface area contributed by atoms with E-state index in [0.717, 1.165) is 11.1 Å². The monoisotopic (exact) mass is 920 g/mol. The van der Waals surface area contributed by atoms with Gasteiger partial charge in [-0.25, -0.2) is 23.3 Å². The number of aromatic nitrogens is 5. The number of carbonyl (C=O) groups is 1. The van der Waals surface area contributed by atoms with Gasteiger partial charge in [-0.2, -0.15) is 9.97 Å². The number of hydrogen-bond acceptors (Lipinski definition) is 17. The van der Waals surface area contributed by atoms with Crippen molar-refractivity contribution in [2.24, 2.45) is 5.14 Å². The van der Waals surface area contributed by atoms with Crippen LogP contribution in [0.2, 0.25) is 0 Å². The zero-order chi connectivity index (χ0) is 46.3. The zero-order valence-electron chi connectivity index (χ0n) is 34.7. The highest BCUT2D eigenvalue weighted by atomic mass is 32.2. The molecule has 2 fully saturated rings. The van der Waals surface area contributed by atoms with Crippen molar-refractivity contribution in [3.8, 4) is 17.2 Å². The predicted molar refractivity (Wildman–Crippen MR) is 236 cm³/mol. The number of phenolic OH excluding ortho intramolecular Hbond substituents is 3. The maximum atomic E-state index is 13.2. The molecule has 0 spiro atoms. The average molecular weight is 921 g/mol. The lowest BCUT2D eigenvalue weighted by Gasteiger charge is -2.30. The minimum Gasteiger partial charge on any atom is -0.508 e. The van der Waals surface area contributed by atoms with Gasteiger partial charge < -0.3 is 60.3 Å². The number of sulfonamides is 1. The van der Waals surface area contributed by atoms with Gasteiger partial charge in [0.1, 0.15) is 41.3 Å². The first-order valence-corrected chi connectivity index (χ1v) is 22.2. The number of carbonyl (C=O) groups excluding carboxylic acids is 1. The first-order valence-electron chi connectivity index (χ1n) is 20.6. The lowest BCUT2D eigenvalue weighted by atomic mass is 9.90. The summed E-state index contributed by atoms with van der Waals surface area (Å²) in [5.74, 6) is 0.330. The van der Waals surface area contributed by atoms with Crippen LogP contribution in [0.3, 0.4) is 0 Å². The second-order valence-corrected chi connectivity index (χ2v) is 17.5. The van der Waals surface area contributed by atoms with Crippen LogP contribution in [0.1, 0.15) is 47.3 Å². The first kappa shape index (κ1) is 43.9. The number of imidazole rings is 1. The Balaban J connectivity index is 1.11. The molecular weight excluding hydrogens is 877 g/mol. The molecule has 342 valence electrons. The van der Waals surface area contributed by atoms with Gasteiger partial charge in [-0.1, -0.05) is 29.4 Å². The summed E-state index contributed by atoms with van der Waals surface area (Å²) in [6, 6.07) is 25.9. The summed E-state index contributed by atoms with van der Waals surface area (Å²) in [6.45, 7) is 0.405. The van der Waals surface area contributed by atoms with E-state index in [1.165, 1.54) is 53.4 Å². The van der Waals surface area contributed by atoms with Crippen LogP contribution in [0.4, 0.5) is 27.9 Å². The van der Waals surface area contributed by atoms with E-state index >= 15 is 0 Å². The second kappa shape index (κ2) is 17.9. The van der Waals surface area contributed by atoms with E-state index in [9.17, 15) is 43.9 Å². The Morgan fingerprint density at radius 1 is 0.879 bits per heavy atom. The molecule has 0 saturated carbocycles. The number of primary sulfonamides is 1. The zero-order valence-corrected chi connectivity index (χ0v) is 35.5. The molecule has 7 aromatic rings. The Bertz CT molecular complexity index is 2910. The number of urea groups is 1. The van der Waals surface area contributed by atoms with Crippen LogP contribution in [0.5, 0.6) is 17.2 Å². The molecule has 0 unspecified atom stereocenters. The standard InChI is InChI=1S/C44H44N10O11S/c45-66(62,63)33-15-5-26(6-16-33)47-44(61)48-27-17-18-52(20-27)43-49-40(36-41(50-43)54(23-46-36)42-38(60)37(59)39(64-42)35-19-28(22-55)51-65-35)53(29-7-13-32(58)14-8-29)21-34(24-1-9-30(56)10-2-24)25-3-11-31(57)12-4-25/h1-16,19,23,27,34,37-39,42,55-60H,17-18,20-22H2,(H2,45,62,63)(H2,47,48,61)/t27-,37+,38-,39-,42-/m1/s1. The summed E-state index contributed by atoms with van der Waals surface area (Å²) in [5.41, 5.74) is 3.22. The van der Waals surface area contributed by atoms with Crippen LogP contribution in [-0.2, 0) is 21.4 Å². The summed E-state index contributed by atoms with van der Waals surface area (Å²) in [7, 11) is -3.92. The number of nitrogens with zero attached hydrogens (tertiary/aromatic N) is 7. The van der Waals surface area contributed by atoms with Gasteiger partial charge in [-0.05, 0) is 90.3 Å². The molecule has 66 heavy (non-hydrogen) atoms. The molecular formula is C44H44N10O11S. The summed E-state index contributed by atoms with van der Waals surface area (Å²) >= 11 is 0. The van der Waals surface area contributed by atoms with Crippen molar-refractivity contribution in [2.45, 2.75) is 54.4 Å². The summed E-state index contributed by atoms with van der Waals surface area (Å²) in [4.78, 5) is 31.7. The molecule has 2 aliphatic heterocycles. The van der Waals surface area contributed by atoms with E-state index in [-0.39, 0.29) is 63.8 Å². The largest absolute Gasteiger partial charge is 0.508 e. The molecule has 5 heterocycles. The molecule has 0 radical (unpaired) electrons. The minimum atomic E-state index is -3.92. The van der Waals surface area contributed by atoms with Crippen molar-refractivity contribution in [1.29, 1.82) is 0 Å². The van der Waals surface area contributed by atoms with Gasteiger partial charge in [-0.3, -0.25) is 4.57 Å². The number of ether oxygens (including phenoxy) is 1. The van der Waals surface area contributed by atoms with Crippen LogP contribution in [0.15, 0.2) is 119 Å². The number of benzene rings is 4. The van der Waals surface area contributed by atoms with E-state index in [1.807, 2.05) is 9.80 Å². The van der Waals surface area contributed by atoms with Gasteiger partial charge >= 0.3 is 6.03 Å². The molecule has 0 aliphatic carbocycles. The molecule has 22 heteroatoms. The Kier molecular flexibility index (Phi) is 11.9. The molecule has 3 aromatic heterocycles. The lowest BCUT2D eigenvalue weighted by molar-refractivity contribution is -0.0434. The summed E-state index contributed by atoms with van der Waals surface area (Å²) in [5, 5.41) is 77.8. The fraction of sp³-hybridized carbons (Fsp3) is 0.250. The van der Waals surface area contributed by atoms with Gasteiger partial charge in [0.2, 0.25) is 16.0 Å². The molecule has 4 aromatic carbocycles. The lowest BCUT2D eigenvalue weighted by Crippen LogP contribution is -2.40. The quantitative estimate of drug-likeness (QED) is 0.0800.